The lowest BCUT2D eigenvalue weighted by atomic mass is 9.93. The number of carbonyl (C=O) groups is 2. The van der Waals surface area contributed by atoms with Gasteiger partial charge in [0.25, 0.3) is 0 Å². The summed E-state index contributed by atoms with van der Waals surface area (Å²) in [5, 5.41) is 0. The fourth-order valence-electron chi connectivity index (χ4n) is 2.70. The van der Waals surface area contributed by atoms with Gasteiger partial charge < -0.3 is 14.3 Å². The molecule has 0 aromatic heterocycles. The van der Waals surface area contributed by atoms with Crippen LogP contribution >= 0.6 is 0 Å². The number of benzene rings is 1. The molecule has 0 N–H and O–H groups in total. The molecule has 114 valence electrons. The summed E-state index contributed by atoms with van der Waals surface area (Å²) in [5.41, 5.74) is 1.58. The van der Waals surface area contributed by atoms with Crippen molar-refractivity contribution < 1.29 is 19.1 Å². The highest BCUT2D eigenvalue weighted by molar-refractivity contribution is 6.02. The molecular formula is C17H22O4. The zero-order valence-electron chi connectivity index (χ0n) is 13.1. The van der Waals surface area contributed by atoms with E-state index in [0.717, 1.165) is 17.7 Å². The minimum atomic E-state index is -0.349. The lowest BCUT2D eigenvalue weighted by Gasteiger charge is -2.14. The Morgan fingerprint density at radius 3 is 2.76 bits per heavy atom. The fourth-order valence-corrected chi connectivity index (χ4v) is 2.70. The Morgan fingerprint density at radius 1 is 1.43 bits per heavy atom. The van der Waals surface area contributed by atoms with Gasteiger partial charge in [-0.25, -0.2) is 0 Å². The van der Waals surface area contributed by atoms with Gasteiger partial charge in [0.1, 0.15) is 23.4 Å². The first-order valence-corrected chi connectivity index (χ1v) is 7.42. The second-order valence-corrected chi connectivity index (χ2v) is 5.69. The third-order valence-corrected chi connectivity index (χ3v) is 3.60. The average molecular weight is 290 g/mol. The van der Waals surface area contributed by atoms with Gasteiger partial charge >= 0.3 is 0 Å². The van der Waals surface area contributed by atoms with E-state index in [1.807, 2.05) is 19.9 Å². The predicted molar refractivity (Wildman–Crippen MR) is 80.2 cm³/mol. The van der Waals surface area contributed by atoms with E-state index < -0.39 is 0 Å². The van der Waals surface area contributed by atoms with E-state index in [2.05, 4.69) is 0 Å². The molecule has 4 heteroatoms. The number of hydrogen-bond donors (Lipinski definition) is 0. The molecule has 2 rings (SSSR count). The Labute approximate surface area is 125 Å². The molecule has 0 radical (unpaired) electrons. The number of fused-ring (bicyclic) bond motifs is 1. The van der Waals surface area contributed by atoms with Crippen LogP contribution in [-0.4, -0.2) is 24.3 Å². The molecule has 0 amide bonds. The molecular weight excluding hydrogens is 268 g/mol. The largest absolute Gasteiger partial charge is 0.493 e. The van der Waals surface area contributed by atoms with E-state index in [4.69, 9.17) is 9.47 Å². The summed E-state index contributed by atoms with van der Waals surface area (Å²) < 4.78 is 11.3. The fraction of sp³-hybridized carbons (Fsp3) is 0.529. The predicted octanol–water partition coefficient (Wildman–Crippen LogP) is 3.21. The van der Waals surface area contributed by atoms with Gasteiger partial charge in [0, 0.05) is 24.3 Å². The molecule has 21 heavy (non-hydrogen) atoms. The maximum atomic E-state index is 12.6. The molecule has 0 spiro atoms. The van der Waals surface area contributed by atoms with Crippen molar-refractivity contribution >= 4 is 11.6 Å². The van der Waals surface area contributed by atoms with Crippen molar-refractivity contribution in [2.24, 2.45) is 5.92 Å². The minimum absolute atomic E-state index is 0.0137. The zero-order valence-corrected chi connectivity index (χ0v) is 13.1. The lowest BCUT2D eigenvalue weighted by Crippen LogP contribution is -2.16. The SMILES string of the molecule is CCOc1cc2c(cc1C(=O)C(C)CC(C)=O)OC(C)C2. The number of hydrogen-bond acceptors (Lipinski definition) is 4. The first kappa shape index (κ1) is 15.5. The smallest absolute Gasteiger partial charge is 0.169 e. The Balaban J connectivity index is 2.35. The molecule has 0 bridgehead atoms. The highest BCUT2D eigenvalue weighted by Gasteiger charge is 2.26. The summed E-state index contributed by atoms with van der Waals surface area (Å²) in [4.78, 5) is 23.8. The van der Waals surface area contributed by atoms with Crippen molar-refractivity contribution in [2.45, 2.75) is 46.6 Å². The van der Waals surface area contributed by atoms with E-state index in [1.54, 1.807) is 13.0 Å². The van der Waals surface area contributed by atoms with E-state index in [1.165, 1.54) is 6.92 Å². The Hall–Kier alpha value is -1.84. The van der Waals surface area contributed by atoms with Crippen LogP contribution in [0.3, 0.4) is 0 Å². The standard InChI is InChI=1S/C17H22O4/c1-5-20-16-8-13-7-12(4)21-15(13)9-14(16)17(19)10(2)6-11(3)18/h8-10,12H,5-7H2,1-4H3. The highest BCUT2D eigenvalue weighted by atomic mass is 16.5. The Kier molecular flexibility index (Phi) is 4.66. The van der Waals surface area contributed by atoms with Crippen LogP contribution in [0.2, 0.25) is 0 Å². The minimum Gasteiger partial charge on any atom is -0.493 e. The van der Waals surface area contributed by atoms with Crippen LogP contribution in [-0.2, 0) is 11.2 Å². The van der Waals surface area contributed by atoms with Crippen LogP contribution in [0.4, 0.5) is 0 Å². The lowest BCUT2D eigenvalue weighted by molar-refractivity contribution is -0.117. The number of ether oxygens (including phenoxy) is 2. The molecule has 0 saturated carbocycles. The maximum Gasteiger partial charge on any atom is 0.169 e. The van der Waals surface area contributed by atoms with E-state index in [-0.39, 0.29) is 30.0 Å². The second-order valence-electron chi connectivity index (χ2n) is 5.69. The molecule has 4 nitrogen and oxygen atoms in total. The van der Waals surface area contributed by atoms with Crippen LogP contribution < -0.4 is 9.47 Å². The molecule has 1 aliphatic heterocycles. The van der Waals surface area contributed by atoms with Crippen molar-refractivity contribution in [3.05, 3.63) is 23.3 Å². The Morgan fingerprint density at radius 2 is 2.14 bits per heavy atom. The molecule has 0 fully saturated rings. The Bertz CT molecular complexity index is 562. The van der Waals surface area contributed by atoms with E-state index >= 15 is 0 Å². The first-order valence-electron chi connectivity index (χ1n) is 7.42. The van der Waals surface area contributed by atoms with Crippen molar-refractivity contribution in [1.82, 2.24) is 0 Å². The van der Waals surface area contributed by atoms with Crippen LogP contribution in [0.25, 0.3) is 0 Å². The molecule has 2 atom stereocenters. The van der Waals surface area contributed by atoms with Crippen molar-refractivity contribution in [3.8, 4) is 11.5 Å². The molecule has 0 aliphatic carbocycles. The maximum absolute atomic E-state index is 12.6. The molecule has 0 saturated heterocycles. The first-order chi connectivity index (χ1) is 9.92. The van der Waals surface area contributed by atoms with Gasteiger partial charge in [-0.2, -0.15) is 0 Å². The quantitative estimate of drug-likeness (QED) is 0.755. The van der Waals surface area contributed by atoms with Gasteiger partial charge in [0.15, 0.2) is 5.78 Å². The third-order valence-electron chi connectivity index (χ3n) is 3.60. The summed E-state index contributed by atoms with van der Waals surface area (Å²) in [6, 6.07) is 3.67. The van der Waals surface area contributed by atoms with Crippen LogP contribution in [0.1, 0.15) is 50.0 Å². The van der Waals surface area contributed by atoms with Gasteiger partial charge in [0.2, 0.25) is 0 Å². The van der Waals surface area contributed by atoms with Gasteiger partial charge in [-0.05, 0) is 32.9 Å². The summed E-state index contributed by atoms with van der Waals surface area (Å²) >= 11 is 0. The van der Waals surface area contributed by atoms with Crippen LogP contribution in [0, 0.1) is 5.92 Å². The van der Waals surface area contributed by atoms with Crippen molar-refractivity contribution in [1.29, 1.82) is 0 Å². The molecule has 1 aromatic rings. The third kappa shape index (κ3) is 3.43. The summed E-state index contributed by atoms with van der Waals surface area (Å²) in [6.45, 7) is 7.66. The van der Waals surface area contributed by atoms with Gasteiger partial charge in [-0.3, -0.25) is 4.79 Å². The van der Waals surface area contributed by atoms with Gasteiger partial charge in [-0.15, -0.1) is 0 Å². The molecule has 1 heterocycles. The summed E-state index contributed by atoms with van der Waals surface area (Å²) in [7, 11) is 0. The molecule has 2 unspecified atom stereocenters. The van der Waals surface area contributed by atoms with E-state index in [0.29, 0.717) is 17.9 Å². The summed E-state index contributed by atoms with van der Waals surface area (Å²) in [6.07, 6.45) is 1.19. The van der Waals surface area contributed by atoms with Crippen molar-refractivity contribution in [2.75, 3.05) is 6.61 Å². The van der Waals surface area contributed by atoms with Gasteiger partial charge in [-0.1, -0.05) is 6.92 Å². The number of ketones is 2. The monoisotopic (exact) mass is 290 g/mol. The van der Waals surface area contributed by atoms with Gasteiger partial charge in [0.05, 0.1) is 12.2 Å². The number of rotatable bonds is 6. The highest BCUT2D eigenvalue weighted by Crippen LogP contribution is 2.36. The molecule has 1 aromatic carbocycles. The topological polar surface area (TPSA) is 52.6 Å². The molecule has 1 aliphatic rings. The average Bonchev–Trinajstić information content (AvgIpc) is 2.75. The summed E-state index contributed by atoms with van der Waals surface area (Å²) in [5.74, 6) is 0.941. The normalized spacial score (nSPS) is 17.8. The van der Waals surface area contributed by atoms with Crippen LogP contribution in [0.15, 0.2) is 12.1 Å². The number of carbonyl (C=O) groups excluding carboxylic acids is 2. The van der Waals surface area contributed by atoms with Crippen LogP contribution in [0.5, 0.6) is 11.5 Å². The van der Waals surface area contributed by atoms with Crippen molar-refractivity contribution in [3.63, 3.8) is 0 Å². The van der Waals surface area contributed by atoms with E-state index in [9.17, 15) is 9.59 Å². The number of Topliss-reactive ketones (excluding diaryl/α,β-unsaturated/α-hetero) is 2. The zero-order chi connectivity index (χ0) is 15.6. The second kappa shape index (κ2) is 6.29.